The van der Waals surface area contributed by atoms with E-state index in [1.54, 1.807) is 0 Å². The number of aromatic nitrogens is 3. The van der Waals surface area contributed by atoms with Gasteiger partial charge in [0.25, 0.3) is 0 Å². The predicted molar refractivity (Wildman–Crippen MR) is 106 cm³/mol. The highest BCUT2D eigenvalue weighted by Gasteiger charge is 2.22. The number of H-pyrrole nitrogens is 1. The summed E-state index contributed by atoms with van der Waals surface area (Å²) in [7, 11) is 0. The molecule has 5 rings (SSSR count). The molecule has 3 N–H and O–H groups in total. The number of rotatable bonds is 5. The lowest BCUT2D eigenvalue weighted by atomic mass is 10.0. The average molecular weight is 372 g/mol. The second-order valence-corrected chi connectivity index (χ2v) is 6.60. The van der Waals surface area contributed by atoms with Crippen LogP contribution in [-0.4, -0.2) is 32.1 Å². The molecule has 1 atom stereocenters. The Bertz CT molecular complexity index is 1320. The minimum absolute atomic E-state index is 0.297. The normalized spacial score (nSPS) is 12.6. The molecule has 0 saturated carbocycles. The fourth-order valence-electron chi connectivity index (χ4n) is 3.51. The van der Waals surface area contributed by atoms with Crippen molar-refractivity contribution in [1.29, 1.82) is 0 Å². The molecule has 0 aliphatic heterocycles. The standard InChI is InChI=1S/C21H16N4O3/c26-21(27)16(9-12-10-22-15-7-3-1-5-13(12)15)25-20-19-18(23-11-24-20)14-6-2-4-8-17(14)28-19/h1-8,10-11,16,22H,9H2,(H,26,27)(H,23,24,25)/t16-/m0/s1. The molecule has 5 aromatic rings. The highest BCUT2D eigenvalue weighted by molar-refractivity contribution is 6.05. The van der Waals surface area contributed by atoms with Gasteiger partial charge in [0, 0.05) is 28.9 Å². The third kappa shape index (κ3) is 2.64. The number of aliphatic carboxylic acids is 1. The summed E-state index contributed by atoms with van der Waals surface area (Å²) in [5.74, 6) is -0.596. The minimum Gasteiger partial charge on any atom is -0.480 e. The Kier molecular flexibility index (Phi) is 3.72. The maximum absolute atomic E-state index is 11.9. The Morgan fingerprint density at radius 3 is 2.75 bits per heavy atom. The maximum atomic E-state index is 11.9. The van der Waals surface area contributed by atoms with Gasteiger partial charge in [-0.3, -0.25) is 0 Å². The van der Waals surface area contributed by atoms with Gasteiger partial charge in [0.1, 0.15) is 23.5 Å². The summed E-state index contributed by atoms with van der Waals surface area (Å²) < 4.78 is 5.88. The van der Waals surface area contributed by atoms with E-state index in [4.69, 9.17) is 4.42 Å². The van der Waals surface area contributed by atoms with Gasteiger partial charge < -0.3 is 19.8 Å². The van der Waals surface area contributed by atoms with Crippen molar-refractivity contribution in [2.45, 2.75) is 12.5 Å². The lowest BCUT2D eigenvalue weighted by Gasteiger charge is -2.14. The molecule has 0 aliphatic rings. The van der Waals surface area contributed by atoms with Crippen LogP contribution in [-0.2, 0) is 11.2 Å². The zero-order valence-electron chi connectivity index (χ0n) is 14.7. The molecule has 0 saturated heterocycles. The number of furan rings is 1. The zero-order chi connectivity index (χ0) is 19.1. The Morgan fingerprint density at radius 1 is 1.11 bits per heavy atom. The molecule has 0 radical (unpaired) electrons. The first-order valence-corrected chi connectivity index (χ1v) is 8.87. The maximum Gasteiger partial charge on any atom is 0.326 e. The van der Waals surface area contributed by atoms with Crippen molar-refractivity contribution >= 4 is 44.8 Å². The minimum atomic E-state index is -0.965. The van der Waals surface area contributed by atoms with Crippen molar-refractivity contribution in [2.24, 2.45) is 0 Å². The van der Waals surface area contributed by atoms with Crippen LogP contribution in [0.15, 0.2) is 65.5 Å². The molecule has 0 amide bonds. The van der Waals surface area contributed by atoms with E-state index in [0.717, 1.165) is 21.9 Å². The van der Waals surface area contributed by atoms with Gasteiger partial charge >= 0.3 is 5.97 Å². The summed E-state index contributed by atoms with van der Waals surface area (Å²) in [6.45, 7) is 0. The van der Waals surface area contributed by atoms with E-state index in [-0.39, 0.29) is 0 Å². The highest BCUT2D eigenvalue weighted by atomic mass is 16.4. The predicted octanol–water partition coefficient (Wildman–Crippen LogP) is 3.97. The number of nitrogens with one attached hydrogen (secondary N) is 2. The van der Waals surface area contributed by atoms with Gasteiger partial charge in [-0.05, 0) is 23.8 Å². The third-order valence-electron chi connectivity index (χ3n) is 4.87. The number of nitrogens with zero attached hydrogens (tertiary/aromatic N) is 2. The quantitative estimate of drug-likeness (QED) is 0.431. The number of hydrogen-bond acceptors (Lipinski definition) is 5. The fraction of sp³-hybridized carbons (Fsp3) is 0.0952. The lowest BCUT2D eigenvalue weighted by molar-refractivity contribution is -0.137. The van der Waals surface area contributed by atoms with E-state index >= 15 is 0 Å². The molecule has 7 nitrogen and oxygen atoms in total. The number of fused-ring (bicyclic) bond motifs is 4. The molecule has 0 aliphatic carbocycles. The van der Waals surface area contributed by atoms with E-state index in [1.165, 1.54) is 6.33 Å². The molecule has 28 heavy (non-hydrogen) atoms. The third-order valence-corrected chi connectivity index (χ3v) is 4.87. The number of hydrogen-bond donors (Lipinski definition) is 3. The number of aromatic amines is 1. The number of benzene rings is 2. The van der Waals surface area contributed by atoms with Crippen molar-refractivity contribution < 1.29 is 14.3 Å². The average Bonchev–Trinajstić information content (AvgIpc) is 3.29. The molecule has 138 valence electrons. The van der Waals surface area contributed by atoms with Crippen LogP contribution in [0.3, 0.4) is 0 Å². The lowest BCUT2D eigenvalue weighted by Crippen LogP contribution is -2.31. The van der Waals surface area contributed by atoms with Gasteiger partial charge in [-0.1, -0.05) is 30.3 Å². The van der Waals surface area contributed by atoms with Crippen molar-refractivity contribution in [1.82, 2.24) is 15.0 Å². The van der Waals surface area contributed by atoms with Gasteiger partial charge in [0.05, 0.1) is 0 Å². The first kappa shape index (κ1) is 16.3. The Hall–Kier alpha value is -3.87. The Morgan fingerprint density at radius 2 is 1.89 bits per heavy atom. The van der Waals surface area contributed by atoms with Crippen LogP contribution in [0.1, 0.15) is 5.56 Å². The first-order chi connectivity index (χ1) is 13.7. The van der Waals surface area contributed by atoms with Crippen LogP contribution in [0.5, 0.6) is 0 Å². The second kappa shape index (κ2) is 6.38. The van der Waals surface area contributed by atoms with Crippen molar-refractivity contribution in [3.05, 3.63) is 66.6 Å². The van der Waals surface area contributed by atoms with Crippen LogP contribution in [0.25, 0.3) is 33.0 Å². The van der Waals surface area contributed by atoms with Crippen LogP contribution in [0.4, 0.5) is 5.82 Å². The van der Waals surface area contributed by atoms with Crippen molar-refractivity contribution in [3.8, 4) is 0 Å². The number of carboxylic acid groups (broad SMARTS) is 1. The molecule has 7 heteroatoms. The monoisotopic (exact) mass is 372 g/mol. The molecular weight excluding hydrogens is 356 g/mol. The Labute approximate surface area is 159 Å². The topological polar surface area (TPSA) is 104 Å². The van der Waals surface area contributed by atoms with E-state index in [0.29, 0.717) is 28.9 Å². The molecule has 0 bridgehead atoms. The summed E-state index contributed by atoms with van der Waals surface area (Å²) in [6, 6.07) is 14.5. The molecule has 0 spiro atoms. The fourth-order valence-corrected chi connectivity index (χ4v) is 3.51. The first-order valence-electron chi connectivity index (χ1n) is 8.87. The zero-order valence-corrected chi connectivity index (χ0v) is 14.7. The van der Waals surface area contributed by atoms with E-state index in [9.17, 15) is 9.90 Å². The number of para-hydroxylation sites is 2. The summed E-state index contributed by atoms with van der Waals surface area (Å²) in [4.78, 5) is 23.6. The Balaban J connectivity index is 1.53. The van der Waals surface area contributed by atoms with Gasteiger partial charge in [-0.15, -0.1) is 0 Å². The van der Waals surface area contributed by atoms with Gasteiger partial charge in [0.15, 0.2) is 11.4 Å². The van der Waals surface area contributed by atoms with Crippen LogP contribution in [0.2, 0.25) is 0 Å². The van der Waals surface area contributed by atoms with Gasteiger partial charge in [-0.2, -0.15) is 0 Å². The largest absolute Gasteiger partial charge is 0.480 e. The van der Waals surface area contributed by atoms with Crippen molar-refractivity contribution in [2.75, 3.05) is 5.32 Å². The highest BCUT2D eigenvalue weighted by Crippen LogP contribution is 2.31. The van der Waals surface area contributed by atoms with Gasteiger partial charge in [-0.25, -0.2) is 14.8 Å². The molecule has 2 aromatic carbocycles. The SMILES string of the molecule is O=C(O)[C@H](Cc1c[nH]c2ccccc12)Nc1ncnc2c1oc1ccccc12. The number of carbonyl (C=O) groups is 1. The second-order valence-electron chi connectivity index (χ2n) is 6.60. The molecule has 0 fully saturated rings. The number of carboxylic acids is 1. The summed E-state index contributed by atoms with van der Waals surface area (Å²) in [6.07, 6.45) is 3.56. The van der Waals surface area contributed by atoms with Crippen LogP contribution in [0, 0.1) is 0 Å². The summed E-state index contributed by atoms with van der Waals surface area (Å²) in [5, 5.41) is 14.7. The van der Waals surface area contributed by atoms with E-state index in [1.807, 2.05) is 54.7 Å². The molecule has 3 aromatic heterocycles. The molecular formula is C21H16N4O3. The summed E-state index contributed by atoms with van der Waals surface area (Å²) >= 11 is 0. The van der Waals surface area contributed by atoms with Crippen molar-refractivity contribution in [3.63, 3.8) is 0 Å². The number of anilines is 1. The van der Waals surface area contributed by atoms with Crippen LogP contribution >= 0.6 is 0 Å². The van der Waals surface area contributed by atoms with E-state index < -0.39 is 12.0 Å². The molecule has 0 unspecified atom stereocenters. The van der Waals surface area contributed by atoms with E-state index in [2.05, 4.69) is 20.3 Å². The van der Waals surface area contributed by atoms with Gasteiger partial charge in [0.2, 0.25) is 0 Å². The smallest absolute Gasteiger partial charge is 0.326 e. The molecule has 3 heterocycles. The summed E-state index contributed by atoms with van der Waals surface area (Å²) in [5.41, 5.74) is 3.69. The van der Waals surface area contributed by atoms with Crippen LogP contribution < -0.4 is 5.32 Å².